The Morgan fingerprint density at radius 1 is 1.56 bits per heavy atom. The fourth-order valence-corrected chi connectivity index (χ4v) is 0.492. The van der Waals surface area contributed by atoms with Gasteiger partial charge in [-0.15, -0.1) is 10.2 Å². The first-order valence-corrected chi connectivity index (χ1v) is 2.70. The van der Waals surface area contributed by atoms with Gasteiger partial charge in [0.05, 0.1) is 13.2 Å². The first-order chi connectivity index (χ1) is 4.43. The summed E-state index contributed by atoms with van der Waals surface area (Å²) in [4.78, 5) is 1.36. The normalized spacial score (nSPS) is 9.89. The molecule has 0 amide bonds. The minimum Gasteiger partial charge on any atom is -0.251 e. The molecule has 0 aliphatic carbocycles. The van der Waals surface area contributed by atoms with Gasteiger partial charge in [0.15, 0.2) is 6.33 Å². The Morgan fingerprint density at radius 2 is 2.44 bits per heavy atom. The second-order valence-corrected chi connectivity index (χ2v) is 1.57. The summed E-state index contributed by atoms with van der Waals surface area (Å²) in [5.74, 6) is 0. The molecule has 1 heterocycles. The lowest BCUT2D eigenvalue weighted by atomic mass is 10.5. The number of hydrogen-bond acceptors (Lipinski definition) is 3. The molecule has 50 valence electrons. The molecule has 5 heteroatoms. The summed E-state index contributed by atoms with van der Waals surface area (Å²) >= 11 is 0. The van der Waals surface area contributed by atoms with Crippen LogP contribution in [0.5, 0.6) is 0 Å². The van der Waals surface area contributed by atoms with Crippen molar-refractivity contribution in [2.45, 2.75) is 13.0 Å². The average molecular weight is 130 g/mol. The molecule has 0 aliphatic heterocycles. The number of hydrogen-bond donors (Lipinski definition) is 0. The number of aromatic nitrogens is 4. The van der Waals surface area contributed by atoms with Gasteiger partial charge < -0.3 is 0 Å². The summed E-state index contributed by atoms with van der Waals surface area (Å²) < 4.78 is 11.5. The standard InChI is InChI=1S/C4H7FN4/c5-2-1-3-9-7-4-6-8-9/h4H,1-3H2. The van der Waals surface area contributed by atoms with Crippen molar-refractivity contribution in [2.24, 2.45) is 0 Å². The van der Waals surface area contributed by atoms with E-state index in [9.17, 15) is 4.39 Å². The van der Waals surface area contributed by atoms with Crippen LogP contribution in [0, 0.1) is 0 Å². The van der Waals surface area contributed by atoms with E-state index < -0.39 is 0 Å². The van der Waals surface area contributed by atoms with Gasteiger partial charge in [0, 0.05) is 0 Å². The van der Waals surface area contributed by atoms with Gasteiger partial charge in [-0.1, -0.05) is 0 Å². The molecule has 0 bridgehead atoms. The van der Waals surface area contributed by atoms with Crippen molar-refractivity contribution in [3.63, 3.8) is 0 Å². The lowest BCUT2D eigenvalue weighted by Gasteiger charge is -1.90. The largest absolute Gasteiger partial charge is 0.251 e. The van der Waals surface area contributed by atoms with E-state index in [0.29, 0.717) is 13.0 Å². The second-order valence-electron chi connectivity index (χ2n) is 1.57. The SMILES string of the molecule is FCCCn1ncnn1. The Hall–Kier alpha value is -1.00. The van der Waals surface area contributed by atoms with Crippen molar-refractivity contribution in [3.8, 4) is 0 Å². The number of rotatable bonds is 3. The highest BCUT2D eigenvalue weighted by Gasteiger charge is 1.89. The quantitative estimate of drug-likeness (QED) is 0.580. The molecule has 0 atom stereocenters. The van der Waals surface area contributed by atoms with Crippen molar-refractivity contribution in [1.29, 1.82) is 0 Å². The Kier molecular flexibility index (Phi) is 2.12. The highest BCUT2D eigenvalue weighted by molar-refractivity contribution is 4.39. The molecule has 0 spiro atoms. The number of tetrazole rings is 1. The zero-order chi connectivity index (χ0) is 6.53. The van der Waals surface area contributed by atoms with Crippen molar-refractivity contribution < 1.29 is 4.39 Å². The fourth-order valence-electron chi connectivity index (χ4n) is 0.492. The second kappa shape index (κ2) is 3.11. The predicted octanol–water partition coefficient (Wildman–Crippen LogP) is 0.0327. The van der Waals surface area contributed by atoms with Crippen LogP contribution in [0.2, 0.25) is 0 Å². The summed E-state index contributed by atoms with van der Waals surface area (Å²) in [6.07, 6.45) is 1.79. The summed E-state index contributed by atoms with van der Waals surface area (Å²) in [5, 5.41) is 10.7. The molecular formula is C4H7FN4. The van der Waals surface area contributed by atoms with Gasteiger partial charge in [-0.3, -0.25) is 4.39 Å². The van der Waals surface area contributed by atoms with Crippen LogP contribution in [0.3, 0.4) is 0 Å². The molecule has 1 rings (SSSR count). The van der Waals surface area contributed by atoms with Gasteiger partial charge in [-0.25, -0.2) is 0 Å². The maximum absolute atomic E-state index is 11.5. The molecule has 0 saturated heterocycles. The number of halogens is 1. The molecule has 1 aromatic heterocycles. The van der Waals surface area contributed by atoms with E-state index in [0.717, 1.165) is 0 Å². The third kappa shape index (κ3) is 1.75. The lowest BCUT2D eigenvalue weighted by Crippen LogP contribution is -2.02. The molecule has 0 aliphatic rings. The van der Waals surface area contributed by atoms with E-state index in [1.165, 1.54) is 11.1 Å². The third-order valence-electron chi connectivity index (χ3n) is 0.883. The average Bonchev–Trinajstić information content (AvgIpc) is 2.34. The van der Waals surface area contributed by atoms with Gasteiger partial charge >= 0.3 is 0 Å². The molecule has 1 aromatic rings. The summed E-state index contributed by atoms with van der Waals surface area (Å²) in [5.41, 5.74) is 0. The van der Waals surface area contributed by atoms with Gasteiger partial charge in [0.25, 0.3) is 0 Å². The van der Waals surface area contributed by atoms with Crippen molar-refractivity contribution in [2.75, 3.05) is 6.67 Å². The molecule has 9 heavy (non-hydrogen) atoms. The Balaban J connectivity index is 2.30. The first-order valence-electron chi connectivity index (χ1n) is 2.70. The molecule has 0 fully saturated rings. The summed E-state index contributed by atoms with van der Waals surface area (Å²) in [6, 6.07) is 0. The maximum Gasteiger partial charge on any atom is 0.162 e. The van der Waals surface area contributed by atoms with Crippen LogP contribution >= 0.6 is 0 Å². The fraction of sp³-hybridized carbons (Fsp3) is 0.750. The third-order valence-corrected chi connectivity index (χ3v) is 0.883. The monoisotopic (exact) mass is 130 g/mol. The molecule has 0 N–H and O–H groups in total. The number of nitrogens with zero attached hydrogens (tertiary/aromatic N) is 4. The van der Waals surface area contributed by atoms with Gasteiger partial charge in [0.1, 0.15) is 0 Å². The maximum atomic E-state index is 11.5. The van der Waals surface area contributed by atoms with E-state index in [1.807, 2.05) is 0 Å². The van der Waals surface area contributed by atoms with E-state index in [2.05, 4.69) is 15.4 Å². The van der Waals surface area contributed by atoms with Gasteiger partial charge in [0.2, 0.25) is 0 Å². The van der Waals surface area contributed by atoms with Crippen LogP contribution in [-0.4, -0.2) is 26.9 Å². The summed E-state index contributed by atoms with van der Waals surface area (Å²) in [7, 11) is 0. The Morgan fingerprint density at radius 3 is 3.00 bits per heavy atom. The molecule has 4 nitrogen and oxygen atoms in total. The topological polar surface area (TPSA) is 43.6 Å². The highest BCUT2D eigenvalue weighted by Crippen LogP contribution is 1.83. The predicted molar refractivity (Wildman–Crippen MR) is 28.4 cm³/mol. The lowest BCUT2D eigenvalue weighted by molar-refractivity contribution is 0.412. The van der Waals surface area contributed by atoms with E-state index in [4.69, 9.17) is 0 Å². The smallest absolute Gasteiger partial charge is 0.162 e. The Labute approximate surface area is 51.7 Å². The molecule has 0 radical (unpaired) electrons. The van der Waals surface area contributed by atoms with Crippen LogP contribution in [0.15, 0.2) is 6.33 Å². The number of alkyl halides is 1. The molecule has 0 saturated carbocycles. The van der Waals surface area contributed by atoms with Crippen LogP contribution in [0.4, 0.5) is 4.39 Å². The zero-order valence-corrected chi connectivity index (χ0v) is 4.87. The van der Waals surface area contributed by atoms with Crippen LogP contribution in [-0.2, 0) is 6.54 Å². The molecule has 0 aromatic carbocycles. The minimum atomic E-state index is -0.332. The van der Waals surface area contributed by atoms with Gasteiger partial charge in [-0.05, 0) is 11.6 Å². The van der Waals surface area contributed by atoms with E-state index in [1.54, 1.807) is 0 Å². The molecular weight excluding hydrogens is 123 g/mol. The van der Waals surface area contributed by atoms with Gasteiger partial charge in [-0.2, -0.15) is 4.80 Å². The summed E-state index contributed by atoms with van der Waals surface area (Å²) in [6.45, 7) is 0.179. The molecule has 0 unspecified atom stereocenters. The number of aryl methyl sites for hydroxylation is 1. The van der Waals surface area contributed by atoms with Crippen LogP contribution in [0.25, 0.3) is 0 Å². The van der Waals surface area contributed by atoms with Crippen molar-refractivity contribution in [3.05, 3.63) is 6.33 Å². The van der Waals surface area contributed by atoms with Crippen LogP contribution in [0.1, 0.15) is 6.42 Å². The van der Waals surface area contributed by atoms with Crippen LogP contribution < -0.4 is 0 Å². The highest BCUT2D eigenvalue weighted by atomic mass is 19.1. The van der Waals surface area contributed by atoms with Crippen molar-refractivity contribution in [1.82, 2.24) is 20.2 Å². The Bertz CT molecular complexity index is 150. The van der Waals surface area contributed by atoms with E-state index >= 15 is 0 Å². The zero-order valence-electron chi connectivity index (χ0n) is 4.87. The van der Waals surface area contributed by atoms with Crippen molar-refractivity contribution >= 4 is 0 Å². The first kappa shape index (κ1) is 6.12. The minimum absolute atomic E-state index is 0.332. The van der Waals surface area contributed by atoms with E-state index in [-0.39, 0.29) is 6.67 Å².